The number of benzene rings is 1. The summed E-state index contributed by atoms with van der Waals surface area (Å²) in [5.74, 6) is -0.181. The van der Waals surface area contributed by atoms with Gasteiger partial charge in [0.2, 0.25) is 5.91 Å². The van der Waals surface area contributed by atoms with Gasteiger partial charge in [-0.2, -0.15) is 11.8 Å². The maximum atomic E-state index is 11.9. The molecule has 0 saturated carbocycles. The third kappa shape index (κ3) is 4.28. The van der Waals surface area contributed by atoms with Crippen molar-refractivity contribution in [1.29, 1.82) is 0 Å². The standard InChI is InChI=1S/C14H20N2O2S/c1-5-15-14(18)11-7-6-9(2)12(8-11)16-13(17)10(3)19-4/h6-8,10H,5H2,1-4H3,(H,15,18)(H,16,17). The van der Waals surface area contributed by atoms with Crippen LogP contribution in [0.25, 0.3) is 0 Å². The van der Waals surface area contributed by atoms with Gasteiger partial charge in [0.15, 0.2) is 0 Å². The van der Waals surface area contributed by atoms with Gasteiger partial charge in [-0.05, 0) is 44.7 Å². The van der Waals surface area contributed by atoms with Crippen LogP contribution in [0.2, 0.25) is 0 Å². The zero-order chi connectivity index (χ0) is 14.4. The van der Waals surface area contributed by atoms with Gasteiger partial charge in [0.05, 0.1) is 5.25 Å². The number of hydrogen-bond acceptors (Lipinski definition) is 3. The Morgan fingerprint density at radius 2 is 2.05 bits per heavy atom. The van der Waals surface area contributed by atoms with Crippen molar-refractivity contribution in [3.05, 3.63) is 29.3 Å². The van der Waals surface area contributed by atoms with E-state index in [0.717, 1.165) is 5.56 Å². The molecule has 2 N–H and O–H groups in total. The highest BCUT2D eigenvalue weighted by Crippen LogP contribution is 2.18. The van der Waals surface area contributed by atoms with Crippen molar-refractivity contribution in [2.75, 3.05) is 18.1 Å². The van der Waals surface area contributed by atoms with Gasteiger partial charge in [-0.1, -0.05) is 6.07 Å². The van der Waals surface area contributed by atoms with E-state index in [-0.39, 0.29) is 17.1 Å². The average molecular weight is 280 g/mol. The predicted molar refractivity (Wildman–Crippen MR) is 80.8 cm³/mol. The van der Waals surface area contributed by atoms with Gasteiger partial charge in [0, 0.05) is 17.8 Å². The first-order valence-electron chi connectivity index (χ1n) is 6.22. The Morgan fingerprint density at radius 1 is 1.37 bits per heavy atom. The molecule has 19 heavy (non-hydrogen) atoms. The molecule has 1 rings (SSSR count). The van der Waals surface area contributed by atoms with E-state index in [2.05, 4.69) is 10.6 Å². The summed E-state index contributed by atoms with van der Waals surface area (Å²) in [4.78, 5) is 23.6. The summed E-state index contributed by atoms with van der Waals surface area (Å²) in [6.45, 7) is 6.21. The molecule has 2 amide bonds. The summed E-state index contributed by atoms with van der Waals surface area (Å²) in [7, 11) is 0. The van der Waals surface area contributed by atoms with Crippen LogP contribution in [0.5, 0.6) is 0 Å². The van der Waals surface area contributed by atoms with E-state index >= 15 is 0 Å². The van der Waals surface area contributed by atoms with Crippen molar-refractivity contribution in [3.63, 3.8) is 0 Å². The van der Waals surface area contributed by atoms with Crippen LogP contribution in [0, 0.1) is 6.92 Å². The first-order chi connectivity index (χ1) is 8.99. The summed E-state index contributed by atoms with van der Waals surface area (Å²) in [6, 6.07) is 5.31. The third-order valence-electron chi connectivity index (χ3n) is 2.82. The molecule has 1 aromatic carbocycles. The zero-order valence-electron chi connectivity index (χ0n) is 11.7. The Labute approximate surface area is 118 Å². The summed E-state index contributed by atoms with van der Waals surface area (Å²) in [6.07, 6.45) is 1.89. The van der Waals surface area contributed by atoms with Crippen molar-refractivity contribution in [2.24, 2.45) is 0 Å². The Balaban J connectivity index is 2.91. The van der Waals surface area contributed by atoms with Gasteiger partial charge in [-0.3, -0.25) is 9.59 Å². The molecule has 0 radical (unpaired) electrons. The third-order valence-corrected chi connectivity index (χ3v) is 3.74. The molecular formula is C14H20N2O2S. The quantitative estimate of drug-likeness (QED) is 0.871. The number of hydrogen-bond donors (Lipinski definition) is 2. The zero-order valence-corrected chi connectivity index (χ0v) is 12.6. The smallest absolute Gasteiger partial charge is 0.251 e. The number of rotatable bonds is 5. The molecule has 0 bridgehead atoms. The molecule has 5 heteroatoms. The van der Waals surface area contributed by atoms with Crippen molar-refractivity contribution in [3.8, 4) is 0 Å². The molecule has 1 aromatic rings. The molecule has 0 spiro atoms. The van der Waals surface area contributed by atoms with Crippen LogP contribution >= 0.6 is 11.8 Å². The Bertz CT molecular complexity index is 475. The highest BCUT2D eigenvalue weighted by atomic mass is 32.2. The topological polar surface area (TPSA) is 58.2 Å². The molecule has 4 nitrogen and oxygen atoms in total. The van der Waals surface area contributed by atoms with E-state index in [9.17, 15) is 9.59 Å². The number of amides is 2. The Morgan fingerprint density at radius 3 is 2.63 bits per heavy atom. The van der Waals surface area contributed by atoms with E-state index in [1.54, 1.807) is 12.1 Å². The minimum atomic E-state index is -0.129. The average Bonchev–Trinajstić information content (AvgIpc) is 2.40. The number of anilines is 1. The highest BCUT2D eigenvalue weighted by Gasteiger charge is 2.13. The maximum Gasteiger partial charge on any atom is 0.251 e. The van der Waals surface area contributed by atoms with Gasteiger partial charge < -0.3 is 10.6 Å². The van der Waals surface area contributed by atoms with Crippen LogP contribution in [0.4, 0.5) is 5.69 Å². The van der Waals surface area contributed by atoms with Crippen LogP contribution in [0.3, 0.4) is 0 Å². The molecular weight excluding hydrogens is 260 g/mol. The highest BCUT2D eigenvalue weighted by molar-refractivity contribution is 7.99. The fourth-order valence-corrected chi connectivity index (χ4v) is 1.77. The molecule has 0 aliphatic carbocycles. The van der Waals surface area contributed by atoms with E-state index in [4.69, 9.17) is 0 Å². The van der Waals surface area contributed by atoms with Crippen LogP contribution in [-0.2, 0) is 4.79 Å². The molecule has 0 heterocycles. The fourth-order valence-electron chi connectivity index (χ4n) is 1.50. The molecule has 0 aromatic heterocycles. The fraction of sp³-hybridized carbons (Fsp3) is 0.429. The minimum absolute atomic E-state index is 0.0522. The second kappa shape index (κ2) is 7.19. The number of carbonyl (C=O) groups excluding carboxylic acids is 2. The van der Waals surface area contributed by atoms with Crippen molar-refractivity contribution >= 4 is 29.3 Å². The lowest BCUT2D eigenvalue weighted by Gasteiger charge is -2.13. The second-order valence-corrected chi connectivity index (χ2v) is 5.43. The van der Waals surface area contributed by atoms with Crippen molar-refractivity contribution in [1.82, 2.24) is 5.32 Å². The lowest BCUT2D eigenvalue weighted by atomic mass is 10.1. The van der Waals surface area contributed by atoms with E-state index in [0.29, 0.717) is 17.8 Å². The number of nitrogens with one attached hydrogen (secondary N) is 2. The van der Waals surface area contributed by atoms with Crippen molar-refractivity contribution in [2.45, 2.75) is 26.0 Å². The first-order valence-corrected chi connectivity index (χ1v) is 7.50. The molecule has 0 saturated heterocycles. The van der Waals surface area contributed by atoms with Gasteiger partial charge in [0.25, 0.3) is 5.91 Å². The van der Waals surface area contributed by atoms with Crippen LogP contribution in [-0.4, -0.2) is 29.9 Å². The minimum Gasteiger partial charge on any atom is -0.352 e. The molecule has 0 aliphatic heterocycles. The van der Waals surface area contributed by atoms with Gasteiger partial charge in [-0.15, -0.1) is 0 Å². The van der Waals surface area contributed by atoms with Gasteiger partial charge in [0.1, 0.15) is 0 Å². The lowest BCUT2D eigenvalue weighted by molar-refractivity contribution is -0.115. The SMILES string of the molecule is CCNC(=O)c1ccc(C)c(NC(=O)C(C)SC)c1. The van der Waals surface area contributed by atoms with Crippen molar-refractivity contribution < 1.29 is 9.59 Å². The van der Waals surface area contributed by atoms with E-state index in [1.165, 1.54) is 11.8 Å². The van der Waals surface area contributed by atoms with Crippen LogP contribution < -0.4 is 10.6 Å². The predicted octanol–water partition coefficient (Wildman–Crippen LogP) is 2.43. The molecule has 1 unspecified atom stereocenters. The normalized spacial score (nSPS) is 11.8. The molecule has 1 atom stereocenters. The van der Waals surface area contributed by atoms with Gasteiger partial charge in [-0.25, -0.2) is 0 Å². The monoisotopic (exact) mass is 280 g/mol. The number of carbonyl (C=O) groups is 2. The van der Waals surface area contributed by atoms with E-state index < -0.39 is 0 Å². The summed E-state index contributed by atoms with van der Waals surface area (Å²) < 4.78 is 0. The van der Waals surface area contributed by atoms with Gasteiger partial charge >= 0.3 is 0 Å². The Hall–Kier alpha value is -1.49. The Kier molecular flexibility index (Phi) is 5.89. The van der Waals surface area contributed by atoms with Crippen LogP contribution in [0.15, 0.2) is 18.2 Å². The first kappa shape index (κ1) is 15.6. The number of thioether (sulfide) groups is 1. The number of aryl methyl sites for hydroxylation is 1. The molecule has 0 aliphatic rings. The lowest BCUT2D eigenvalue weighted by Crippen LogP contribution is -2.24. The summed E-state index contributed by atoms with van der Waals surface area (Å²) in [5.41, 5.74) is 2.18. The van der Waals surface area contributed by atoms with Crippen LogP contribution in [0.1, 0.15) is 29.8 Å². The molecule has 0 fully saturated rings. The molecule has 104 valence electrons. The summed E-state index contributed by atoms with van der Waals surface area (Å²) in [5, 5.41) is 5.48. The summed E-state index contributed by atoms with van der Waals surface area (Å²) >= 11 is 1.49. The van der Waals surface area contributed by atoms with E-state index in [1.807, 2.05) is 33.1 Å². The maximum absolute atomic E-state index is 11.9. The second-order valence-electron chi connectivity index (χ2n) is 4.26. The largest absolute Gasteiger partial charge is 0.352 e.